The quantitative estimate of drug-likeness (QED) is 0.864. The zero-order chi connectivity index (χ0) is 17.6. The minimum atomic E-state index is -0.503. The largest absolute Gasteiger partial charge is 0.495 e. The van der Waals surface area contributed by atoms with Crippen LogP contribution in [0.1, 0.15) is 6.42 Å². The van der Waals surface area contributed by atoms with E-state index in [9.17, 15) is 9.59 Å². The van der Waals surface area contributed by atoms with E-state index in [-0.39, 0.29) is 18.2 Å². The normalized spacial score (nSPS) is 18.0. The fraction of sp³-hybridized carbons (Fsp3) is 0.167. The van der Waals surface area contributed by atoms with Crippen molar-refractivity contribution >= 4 is 40.1 Å². The molecule has 2 amide bonds. The summed E-state index contributed by atoms with van der Waals surface area (Å²) in [4.78, 5) is 28.7. The Balaban J connectivity index is 1.62. The van der Waals surface area contributed by atoms with Gasteiger partial charge in [-0.05, 0) is 24.3 Å². The lowest BCUT2D eigenvalue weighted by Crippen LogP contribution is -2.28. The average Bonchev–Trinajstić information content (AvgIpc) is 2.95. The molecule has 0 unspecified atom stereocenters. The number of amides is 2. The second-order valence-electron chi connectivity index (χ2n) is 5.30. The van der Waals surface area contributed by atoms with Gasteiger partial charge in [-0.1, -0.05) is 42.1 Å². The molecule has 1 saturated heterocycles. The Kier molecular flexibility index (Phi) is 5.35. The Labute approximate surface area is 149 Å². The van der Waals surface area contributed by atoms with E-state index < -0.39 is 5.25 Å². The van der Waals surface area contributed by atoms with Crippen molar-refractivity contribution < 1.29 is 14.3 Å². The molecule has 2 aromatic carbocycles. The third-order valence-electron chi connectivity index (χ3n) is 3.52. The number of nitrogens with one attached hydrogen (secondary N) is 2. The highest BCUT2D eigenvalue weighted by atomic mass is 32.2. The molecule has 3 rings (SSSR count). The third-order valence-corrected chi connectivity index (χ3v) is 4.60. The highest BCUT2D eigenvalue weighted by Gasteiger charge is 2.32. The highest BCUT2D eigenvalue weighted by Crippen LogP contribution is 2.27. The number of carbonyl (C=O) groups excluding carboxylic acids is 2. The summed E-state index contributed by atoms with van der Waals surface area (Å²) in [7, 11) is 1.54. The number of thioether (sulfide) groups is 1. The Hall–Kier alpha value is -2.80. The van der Waals surface area contributed by atoms with E-state index in [0.717, 1.165) is 5.69 Å². The minimum absolute atomic E-state index is 0.0579. The van der Waals surface area contributed by atoms with Gasteiger partial charge in [-0.25, -0.2) is 4.99 Å². The van der Waals surface area contributed by atoms with Crippen LogP contribution in [-0.4, -0.2) is 29.3 Å². The molecule has 25 heavy (non-hydrogen) atoms. The zero-order valence-electron chi connectivity index (χ0n) is 13.6. The molecular weight excluding hydrogens is 338 g/mol. The molecule has 128 valence electrons. The number of aliphatic imine (C=N–C) groups is 1. The summed E-state index contributed by atoms with van der Waals surface area (Å²) < 4.78 is 5.20. The van der Waals surface area contributed by atoms with Crippen LogP contribution in [0.5, 0.6) is 5.75 Å². The first-order valence-corrected chi connectivity index (χ1v) is 8.58. The standard InChI is InChI=1S/C18H17N3O3S/c1-24-14-10-6-5-9-13(14)20-16(22)11-15-17(23)21-18(25-15)19-12-7-3-2-4-8-12/h2-10,15H,11H2,1H3,(H,20,22)(H,19,21,23)/t15-/m1/s1. The zero-order valence-corrected chi connectivity index (χ0v) is 14.4. The first kappa shape index (κ1) is 17.0. The first-order chi connectivity index (χ1) is 12.2. The fourth-order valence-corrected chi connectivity index (χ4v) is 3.32. The van der Waals surface area contributed by atoms with Gasteiger partial charge in [0.1, 0.15) is 11.0 Å². The van der Waals surface area contributed by atoms with E-state index in [1.807, 2.05) is 36.4 Å². The number of hydrogen-bond donors (Lipinski definition) is 2. The SMILES string of the molecule is COc1ccccc1NC(=O)C[C@H]1SC(=Nc2ccccc2)NC1=O. The number of nitrogens with zero attached hydrogens (tertiary/aromatic N) is 1. The highest BCUT2D eigenvalue weighted by molar-refractivity contribution is 8.15. The molecule has 2 N–H and O–H groups in total. The summed E-state index contributed by atoms with van der Waals surface area (Å²) in [5, 5.41) is 5.49. The summed E-state index contributed by atoms with van der Waals surface area (Å²) in [6.45, 7) is 0. The molecule has 1 aliphatic heterocycles. The van der Waals surface area contributed by atoms with Crippen LogP contribution in [-0.2, 0) is 9.59 Å². The van der Waals surface area contributed by atoms with Crippen molar-refractivity contribution in [2.75, 3.05) is 12.4 Å². The predicted octanol–water partition coefficient (Wildman–Crippen LogP) is 2.94. The van der Waals surface area contributed by atoms with Crippen molar-refractivity contribution in [3.63, 3.8) is 0 Å². The Morgan fingerprint density at radius 3 is 2.68 bits per heavy atom. The summed E-state index contributed by atoms with van der Waals surface area (Å²) in [6, 6.07) is 16.5. The van der Waals surface area contributed by atoms with Gasteiger partial charge in [0.05, 0.1) is 18.5 Å². The van der Waals surface area contributed by atoms with Crippen molar-refractivity contribution in [1.29, 1.82) is 0 Å². The van der Waals surface area contributed by atoms with Crippen LogP contribution >= 0.6 is 11.8 Å². The number of benzene rings is 2. The molecule has 0 radical (unpaired) electrons. The number of methoxy groups -OCH3 is 1. The fourth-order valence-electron chi connectivity index (χ4n) is 2.33. The van der Waals surface area contributed by atoms with Gasteiger partial charge < -0.3 is 15.4 Å². The number of para-hydroxylation sites is 3. The average molecular weight is 355 g/mol. The van der Waals surface area contributed by atoms with Crippen LogP contribution in [0, 0.1) is 0 Å². The van der Waals surface area contributed by atoms with Gasteiger partial charge in [0.25, 0.3) is 0 Å². The van der Waals surface area contributed by atoms with Crippen molar-refractivity contribution in [3.05, 3.63) is 54.6 Å². The van der Waals surface area contributed by atoms with E-state index in [0.29, 0.717) is 16.6 Å². The molecule has 1 fully saturated rings. The van der Waals surface area contributed by atoms with Crippen LogP contribution in [0.15, 0.2) is 59.6 Å². The van der Waals surface area contributed by atoms with E-state index >= 15 is 0 Å². The number of amidine groups is 1. The van der Waals surface area contributed by atoms with E-state index in [1.165, 1.54) is 18.9 Å². The third kappa shape index (κ3) is 4.39. The van der Waals surface area contributed by atoms with Gasteiger partial charge in [-0.3, -0.25) is 9.59 Å². The molecule has 1 atom stereocenters. The van der Waals surface area contributed by atoms with Gasteiger partial charge in [-0.15, -0.1) is 0 Å². The van der Waals surface area contributed by atoms with Crippen molar-refractivity contribution in [2.45, 2.75) is 11.7 Å². The first-order valence-electron chi connectivity index (χ1n) is 7.70. The molecule has 0 aliphatic carbocycles. The number of ether oxygens (including phenoxy) is 1. The molecule has 0 aromatic heterocycles. The maximum Gasteiger partial charge on any atom is 0.240 e. The Bertz CT molecular complexity index is 808. The molecule has 0 spiro atoms. The second-order valence-corrected chi connectivity index (χ2v) is 6.49. The Morgan fingerprint density at radius 1 is 1.20 bits per heavy atom. The monoisotopic (exact) mass is 355 g/mol. The summed E-state index contributed by atoms with van der Waals surface area (Å²) in [6.07, 6.45) is 0.0579. The Morgan fingerprint density at radius 2 is 1.92 bits per heavy atom. The lowest BCUT2D eigenvalue weighted by Gasteiger charge is -2.10. The van der Waals surface area contributed by atoms with Crippen LogP contribution in [0.2, 0.25) is 0 Å². The molecule has 0 saturated carbocycles. The number of anilines is 1. The van der Waals surface area contributed by atoms with Gasteiger partial charge >= 0.3 is 0 Å². The van der Waals surface area contributed by atoms with Crippen LogP contribution in [0.3, 0.4) is 0 Å². The van der Waals surface area contributed by atoms with Crippen molar-refractivity contribution in [3.8, 4) is 5.75 Å². The van der Waals surface area contributed by atoms with Gasteiger partial charge in [0.2, 0.25) is 11.8 Å². The van der Waals surface area contributed by atoms with Crippen LogP contribution in [0.25, 0.3) is 0 Å². The van der Waals surface area contributed by atoms with Crippen molar-refractivity contribution in [2.24, 2.45) is 4.99 Å². The number of hydrogen-bond acceptors (Lipinski definition) is 5. The van der Waals surface area contributed by atoms with Gasteiger partial charge in [0, 0.05) is 6.42 Å². The lowest BCUT2D eigenvalue weighted by molar-refractivity contribution is -0.122. The smallest absolute Gasteiger partial charge is 0.240 e. The van der Waals surface area contributed by atoms with Gasteiger partial charge in [0.15, 0.2) is 5.17 Å². The number of rotatable bonds is 5. The summed E-state index contributed by atoms with van der Waals surface area (Å²) in [5.74, 6) is 0.110. The van der Waals surface area contributed by atoms with E-state index in [1.54, 1.807) is 18.2 Å². The van der Waals surface area contributed by atoms with E-state index in [2.05, 4.69) is 15.6 Å². The predicted molar refractivity (Wildman–Crippen MR) is 99.3 cm³/mol. The maximum absolute atomic E-state index is 12.2. The summed E-state index contributed by atoms with van der Waals surface area (Å²) >= 11 is 1.26. The molecule has 1 heterocycles. The van der Waals surface area contributed by atoms with Crippen LogP contribution < -0.4 is 15.4 Å². The van der Waals surface area contributed by atoms with Crippen molar-refractivity contribution in [1.82, 2.24) is 5.32 Å². The number of carbonyl (C=O) groups is 2. The summed E-state index contributed by atoms with van der Waals surface area (Å²) in [5.41, 5.74) is 1.33. The molecular formula is C18H17N3O3S. The molecule has 2 aromatic rings. The molecule has 7 heteroatoms. The molecule has 0 bridgehead atoms. The molecule has 1 aliphatic rings. The second kappa shape index (κ2) is 7.85. The minimum Gasteiger partial charge on any atom is -0.495 e. The topological polar surface area (TPSA) is 79.8 Å². The lowest BCUT2D eigenvalue weighted by atomic mass is 10.2. The van der Waals surface area contributed by atoms with E-state index in [4.69, 9.17) is 4.74 Å². The van der Waals surface area contributed by atoms with Gasteiger partial charge in [-0.2, -0.15) is 0 Å². The maximum atomic E-state index is 12.2. The van der Waals surface area contributed by atoms with Crippen LogP contribution in [0.4, 0.5) is 11.4 Å². The molecule has 6 nitrogen and oxygen atoms in total.